The van der Waals surface area contributed by atoms with Gasteiger partial charge in [0.15, 0.2) is 11.5 Å². The van der Waals surface area contributed by atoms with Gasteiger partial charge in [0.25, 0.3) is 0 Å². The van der Waals surface area contributed by atoms with Crippen LogP contribution in [0.4, 0.5) is 10.5 Å². The molecule has 0 saturated carbocycles. The molecule has 74 valence electrons. The smallest absolute Gasteiger partial charge is 0.409 e. The summed E-state index contributed by atoms with van der Waals surface area (Å²) in [7, 11) is 0. The molecule has 0 spiro atoms. The number of fused-ring (bicyclic) bond motifs is 1. The number of hydrogen-bond donors (Lipinski definition) is 2. The van der Waals surface area contributed by atoms with Crippen molar-refractivity contribution < 1.29 is 19.4 Å². The highest BCUT2D eigenvalue weighted by atomic mass is 35.5. The van der Waals surface area contributed by atoms with Gasteiger partial charge < -0.3 is 14.6 Å². The molecule has 2 N–H and O–H groups in total. The minimum Gasteiger partial charge on any atom is -0.465 e. The topological polar surface area (TPSA) is 67.8 Å². The predicted molar refractivity (Wildman–Crippen MR) is 49.2 cm³/mol. The number of rotatable bonds is 1. The Labute approximate surface area is 84.2 Å². The third-order valence-corrected chi connectivity index (χ3v) is 2.10. The molecule has 2 rings (SSSR count). The number of anilines is 1. The number of hydrogen-bond acceptors (Lipinski definition) is 3. The van der Waals surface area contributed by atoms with E-state index in [2.05, 4.69) is 5.32 Å². The third-order valence-electron chi connectivity index (χ3n) is 1.72. The van der Waals surface area contributed by atoms with E-state index in [4.69, 9.17) is 26.2 Å². The summed E-state index contributed by atoms with van der Waals surface area (Å²) in [6.45, 7) is 0.103. The molecule has 1 aliphatic heterocycles. The molecule has 1 aromatic rings. The fourth-order valence-corrected chi connectivity index (χ4v) is 1.41. The average Bonchev–Trinajstić information content (AvgIpc) is 2.57. The summed E-state index contributed by atoms with van der Waals surface area (Å²) in [6, 6.07) is 3.11. The molecule has 0 unspecified atom stereocenters. The van der Waals surface area contributed by atoms with E-state index < -0.39 is 6.09 Å². The molecule has 1 heterocycles. The van der Waals surface area contributed by atoms with E-state index in [0.717, 1.165) is 0 Å². The van der Waals surface area contributed by atoms with Crippen molar-refractivity contribution in [2.75, 3.05) is 12.1 Å². The van der Waals surface area contributed by atoms with E-state index >= 15 is 0 Å². The van der Waals surface area contributed by atoms with E-state index in [9.17, 15) is 4.79 Å². The molecule has 5 nitrogen and oxygen atoms in total. The molecule has 0 saturated heterocycles. The highest BCUT2D eigenvalue weighted by molar-refractivity contribution is 6.35. The molecule has 0 radical (unpaired) electrons. The van der Waals surface area contributed by atoms with Gasteiger partial charge in [-0.25, -0.2) is 4.79 Å². The van der Waals surface area contributed by atoms with Crippen LogP contribution >= 0.6 is 11.6 Å². The van der Waals surface area contributed by atoms with Gasteiger partial charge in [-0.1, -0.05) is 11.6 Å². The Balaban J connectivity index is 2.39. The maximum absolute atomic E-state index is 10.4. The molecule has 1 aromatic carbocycles. The highest BCUT2D eigenvalue weighted by Gasteiger charge is 2.20. The quantitative estimate of drug-likeness (QED) is 0.753. The van der Waals surface area contributed by atoms with Crippen LogP contribution in [0.15, 0.2) is 12.1 Å². The van der Waals surface area contributed by atoms with Crippen molar-refractivity contribution in [3.05, 3.63) is 17.2 Å². The Hall–Kier alpha value is -1.62. The predicted octanol–water partition coefficient (Wildman–Crippen LogP) is 2.16. The number of benzene rings is 1. The Morgan fingerprint density at radius 3 is 3.00 bits per heavy atom. The van der Waals surface area contributed by atoms with Gasteiger partial charge in [0.05, 0.1) is 5.69 Å². The Bertz CT molecular complexity index is 393. The van der Waals surface area contributed by atoms with Gasteiger partial charge in [0, 0.05) is 0 Å². The molecular weight excluding hydrogens is 210 g/mol. The molecule has 14 heavy (non-hydrogen) atoms. The number of carboxylic acid groups (broad SMARTS) is 1. The van der Waals surface area contributed by atoms with Crippen molar-refractivity contribution in [3.8, 4) is 11.5 Å². The minimum absolute atomic E-state index is 0.103. The van der Waals surface area contributed by atoms with Gasteiger partial charge in [0.2, 0.25) is 6.79 Å². The first-order chi connectivity index (χ1) is 6.68. The first-order valence-corrected chi connectivity index (χ1v) is 4.14. The fourth-order valence-electron chi connectivity index (χ4n) is 1.15. The molecule has 0 aliphatic carbocycles. The maximum Gasteiger partial charge on any atom is 0.409 e. The van der Waals surface area contributed by atoms with Crippen LogP contribution in [0.2, 0.25) is 5.02 Å². The van der Waals surface area contributed by atoms with Crippen LogP contribution < -0.4 is 14.8 Å². The summed E-state index contributed by atoms with van der Waals surface area (Å²) in [5.41, 5.74) is 0.281. The van der Waals surface area contributed by atoms with Crippen LogP contribution in [0.1, 0.15) is 0 Å². The second kappa shape index (κ2) is 3.26. The molecule has 0 aromatic heterocycles. The lowest BCUT2D eigenvalue weighted by Gasteiger charge is -2.05. The normalized spacial score (nSPS) is 12.6. The molecule has 6 heteroatoms. The molecule has 0 atom stereocenters. The molecule has 1 amide bonds. The lowest BCUT2D eigenvalue weighted by Crippen LogP contribution is -2.07. The maximum atomic E-state index is 10.4. The van der Waals surface area contributed by atoms with Gasteiger partial charge >= 0.3 is 6.09 Å². The summed E-state index contributed by atoms with van der Waals surface area (Å²) in [5, 5.41) is 10.9. The number of carbonyl (C=O) groups is 1. The lowest BCUT2D eigenvalue weighted by atomic mass is 10.3. The number of nitrogens with one attached hydrogen (secondary N) is 1. The van der Waals surface area contributed by atoms with Crippen molar-refractivity contribution in [2.24, 2.45) is 0 Å². The van der Waals surface area contributed by atoms with Crippen molar-refractivity contribution in [3.63, 3.8) is 0 Å². The van der Waals surface area contributed by atoms with Gasteiger partial charge in [-0.15, -0.1) is 0 Å². The van der Waals surface area contributed by atoms with Crippen molar-refractivity contribution in [1.82, 2.24) is 0 Å². The molecular formula is C8H6ClNO4. The summed E-state index contributed by atoms with van der Waals surface area (Å²) in [6.07, 6.45) is -1.18. The van der Waals surface area contributed by atoms with Gasteiger partial charge in [-0.05, 0) is 12.1 Å². The van der Waals surface area contributed by atoms with E-state index in [1.165, 1.54) is 6.07 Å². The summed E-state index contributed by atoms with van der Waals surface area (Å²) in [4.78, 5) is 10.4. The molecule has 1 aliphatic rings. The Kier molecular flexibility index (Phi) is 2.09. The second-order valence-corrected chi connectivity index (χ2v) is 2.97. The zero-order valence-electron chi connectivity index (χ0n) is 6.91. The van der Waals surface area contributed by atoms with Crippen LogP contribution in [0, 0.1) is 0 Å². The number of halogens is 1. The Morgan fingerprint density at radius 2 is 2.29 bits per heavy atom. The zero-order valence-corrected chi connectivity index (χ0v) is 7.67. The number of ether oxygens (including phenoxy) is 2. The third kappa shape index (κ3) is 1.42. The SMILES string of the molecule is O=C(O)Nc1ccc2c(c1Cl)OCO2. The van der Waals surface area contributed by atoms with Crippen molar-refractivity contribution in [1.29, 1.82) is 0 Å². The first kappa shape index (κ1) is 8.96. The fraction of sp³-hybridized carbons (Fsp3) is 0.125. The minimum atomic E-state index is -1.18. The summed E-state index contributed by atoms with van der Waals surface area (Å²) < 4.78 is 10.1. The number of amides is 1. The van der Waals surface area contributed by atoms with E-state index in [1.54, 1.807) is 6.07 Å². The van der Waals surface area contributed by atoms with E-state index in [0.29, 0.717) is 11.5 Å². The van der Waals surface area contributed by atoms with Crippen molar-refractivity contribution >= 4 is 23.4 Å². The first-order valence-electron chi connectivity index (χ1n) is 3.76. The van der Waals surface area contributed by atoms with Crippen LogP contribution in [0.3, 0.4) is 0 Å². The van der Waals surface area contributed by atoms with Gasteiger partial charge in [-0.3, -0.25) is 5.32 Å². The summed E-state index contributed by atoms with van der Waals surface area (Å²) >= 11 is 5.87. The monoisotopic (exact) mass is 215 g/mol. The van der Waals surface area contributed by atoms with E-state index in [-0.39, 0.29) is 17.5 Å². The van der Waals surface area contributed by atoms with Crippen LogP contribution in [-0.4, -0.2) is 18.0 Å². The standard InChI is InChI=1S/C8H6ClNO4/c9-6-4(10-8(11)12)1-2-5-7(6)14-3-13-5/h1-2,10H,3H2,(H,11,12). The van der Waals surface area contributed by atoms with E-state index in [1.807, 2.05) is 0 Å². The summed E-state index contributed by atoms with van der Waals surface area (Å²) in [5.74, 6) is 0.892. The largest absolute Gasteiger partial charge is 0.465 e. The van der Waals surface area contributed by atoms with Gasteiger partial charge in [-0.2, -0.15) is 0 Å². The second-order valence-electron chi connectivity index (χ2n) is 2.59. The van der Waals surface area contributed by atoms with Crippen LogP contribution in [-0.2, 0) is 0 Å². The molecule has 0 bridgehead atoms. The molecule has 0 fully saturated rings. The zero-order chi connectivity index (χ0) is 10.1. The Morgan fingerprint density at radius 1 is 1.50 bits per heavy atom. The van der Waals surface area contributed by atoms with Crippen LogP contribution in [0.5, 0.6) is 11.5 Å². The van der Waals surface area contributed by atoms with Crippen LogP contribution in [0.25, 0.3) is 0 Å². The van der Waals surface area contributed by atoms with Crippen molar-refractivity contribution in [2.45, 2.75) is 0 Å². The highest BCUT2D eigenvalue weighted by Crippen LogP contribution is 2.42. The average molecular weight is 216 g/mol. The lowest BCUT2D eigenvalue weighted by molar-refractivity contribution is 0.174. The van der Waals surface area contributed by atoms with Gasteiger partial charge in [0.1, 0.15) is 5.02 Å².